The molecular formula is C25H26ClN3O2. The number of benzene rings is 2. The van der Waals surface area contributed by atoms with E-state index in [9.17, 15) is 9.59 Å². The number of anilines is 1. The van der Waals surface area contributed by atoms with Gasteiger partial charge in [0.1, 0.15) is 5.82 Å². The number of hydrogen-bond acceptors (Lipinski definition) is 3. The Kier molecular flexibility index (Phi) is 5.53. The number of nitrogens with one attached hydrogen (secondary N) is 1. The predicted molar refractivity (Wildman–Crippen MR) is 124 cm³/mol. The summed E-state index contributed by atoms with van der Waals surface area (Å²) in [6, 6.07) is 13.0. The predicted octanol–water partition coefficient (Wildman–Crippen LogP) is 5.49. The van der Waals surface area contributed by atoms with E-state index in [1.54, 1.807) is 10.6 Å². The summed E-state index contributed by atoms with van der Waals surface area (Å²) in [6.45, 7) is 0.462. The number of halogens is 1. The van der Waals surface area contributed by atoms with Gasteiger partial charge in [0, 0.05) is 22.5 Å². The van der Waals surface area contributed by atoms with Crippen LogP contribution in [0, 0.1) is 5.92 Å². The maximum Gasteiger partial charge on any atom is 0.261 e. The summed E-state index contributed by atoms with van der Waals surface area (Å²) < 4.78 is 1.79. The molecule has 2 saturated carbocycles. The molecule has 160 valence electrons. The van der Waals surface area contributed by atoms with Crippen molar-refractivity contribution >= 4 is 34.1 Å². The van der Waals surface area contributed by atoms with Crippen LogP contribution in [-0.2, 0) is 11.3 Å². The number of nitrogens with zero attached hydrogens (tertiary/aromatic N) is 2. The van der Waals surface area contributed by atoms with Gasteiger partial charge in [-0.05, 0) is 61.6 Å². The first-order valence-corrected chi connectivity index (χ1v) is 11.6. The largest absolute Gasteiger partial charge is 0.326 e. The average Bonchev–Trinajstić information content (AvgIpc) is 3.63. The zero-order chi connectivity index (χ0) is 21.4. The third kappa shape index (κ3) is 4.38. The van der Waals surface area contributed by atoms with Crippen LogP contribution >= 0.6 is 11.6 Å². The second kappa shape index (κ2) is 8.46. The number of rotatable bonds is 5. The topological polar surface area (TPSA) is 64.0 Å². The van der Waals surface area contributed by atoms with Gasteiger partial charge < -0.3 is 5.32 Å². The molecule has 5 nitrogen and oxygen atoms in total. The maximum atomic E-state index is 13.5. The van der Waals surface area contributed by atoms with Gasteiger partial charge in [0.15, 0.2) is 0 Å². The number of carbonyl (C=O) groups excluding carboxylic acids is 1. The molecule has 2 aliphatic rings. The van der Waals surface area contributed by atoms with E-state index in [1.165, 1.54) is 6.42 Å². The summed E-state index contributed by atoms with van der Waals surface area (Å²) in [5.41, 5.74) is 2.31. The van der Waals surface area contributed by atoms with Crippen LogP contribution in [0.15, 0.2) is 47.3 Å². The average molecular weight is 436 g/mol. The van der Waals surface area contributed by atoms with Crippen molar-refractivity contribution in [3.05, 3.63) is 69.2 Å². The first-order valence-electron chi connectivity index (χ1n) is 11.2. The molecule has 1 aromatic heterocycles. The Bertz CT molecular complexity index is 1180. The van der Waals surface area contributed by atoms with Gasteiger partial charge in [0.05, 0.1) is 17.4 Å². The van der Waals surface area contributed by atoms with Crippen molar-refractivity contribution in [1.29, 1.82) is 0 Å². The minimum atomic E-state index is -0.0596. The van der Waals surface area contributed by atoms with Crippen molar-refractivity contribution in [2.45, 2.75) is 57.4 Å². The van der Waals surface area contributed by atoms with Gasteiger partial charge in [-0.15, -0.1) is 0 Å². The van der Waals surface area contributed by atoms with Gasteiger partial charge in [-0.25, -0.2) is 4.98 Å². The van der Waals surface area contributed by atoms with Gasteiger partial charge in [-0.3, -0.25) is 14.2 Å². The molecule has 0 atom stereocenters. The molecule has 1 N–H and O–H groups in total. The van der Waals surface area contributed by atoms with Crippen molar-refractivity contribution in [2.75, 3.05) is 5.32 Å². The SMILES string of the molecule is O=C(Nc1ccc2nc(C3CC3)n(Cc3ccc(Cl)cc3)c(=O)c2c1)C1CCCCC1. The zero-order valence-corrected chi connectivity index (χ0v) is 18.2. The summed E-state index contributed by atoms with van der Waals surface area (Å²) in [7, 11) is 0. The van der Waals surface area contributed by atoms with Crippen LogP contribution < -0.4 is 10.9 Å². The van der Waals surface area contributed by atoms with Crippen LogP contribution in [-0.4, -0.2) is 15.5 Å². The summed E-state index contributed by atoms with van der Waals surface area (Å²) >= 11 is 6.02. The van der Waals surface area contributed by atoms with Crippen molar-refractivity contribution in [3.8, 4) is 0 Å². The molecule has 1 heterocycles. The van der Waals surface area contributed by atoms with E-state index in [0.29, 0.717) is 34.1 Å². The molecule has 0 saturated heterocycles. The monoisotopic (exact) mass is 435 g/mol. The van der Waals surface area contributed by atoms with Crippen LogP contribution in [0.2, 0.25) is 5.02 Å². The van der Waals surface area contributed by atoms with E-state index in [-0.39, 0.29) is 17.4 Å². The molecule has 3 aromatic rings. The Hall–Kier alpha value is -2.66. The minimum absolute atomic E-state index is 0.0584. The Balaban J connectivity index is 1.49. The quantitative estimate of drug-likeness (QED) is 0.576. The number of fused-ring (bicyclic) bond motifs is 1. The first-order chi connectivity index (χ1) is 15.1. The summed E-state index contributed by atoms with van der Waals surface area (Å²) in [5, 5.41) is 4.24. The Morgan fingerprint density at radius 2 is 1.77 bits per heavy atom. The van der Waals surface area contributed by atoms with Gasteiger partial charge >= 0.3 is 0 Å². The number of aromatic nitrogens is 2. The van der Waals surface area contributed by atoms with Crippen LogP contribution in [0.3, 0.4) is 0 Å². The van der Waals surface area contributed by atoms with Crippen LogP contribution in [0.4, 0.5) is 5.69 Å². The number of carbonyl (C=O) groups is 1. The second-order valence-corrected chi connectivity index (χ2v) is 9.25. The number of amides is 1. The number of hydrogen-bond donors (Lipinski definition) is 1. The smallest absolute Gasteiger partial charge is 0.261 e. The van der Waals surface area contributed by atoms with E-state index in [4.69, 9.17) is 16.6 Å². The normalized spacial score (nSPS) is 17.1. The molecule has 0 radical (unpaired) electrons. The molecule has 31 heavy (non-hydrogen) atoms. The molecule has 2 fully saturated rings. The Morgan fingerprint density at radius 1 is 1.03 bits per heavy atom. The highest BCUT2D eigenvalue weighted by Crippen LogP contribution is 2.39. The third-order valence-corrected chi connectivity index (χ3v) is 6.68. The van der Waals surface area contributed by atoms with E-state index < -0.39 is 0 Å². The Labute approximate surface area is 186 Å². The van der Waals surface area contributed by atoms with Crippen LogP contribution in [0.1, 0.15) is 62.3 Å². The van der Waals surface area contributed by atoms with E-state index in [2.05, 4.69) is 5.32 Å². The standard InChI is InChI=1S/C25H26ClN3O2/c26-19-10-6-16(7-11-19)15-29-23(17-8-9-17)28-22-13-12-20(14-21(22)25(29)31)27-24(30)18-4-2-1-3-5-18/h6-7,10-14,17-18H,1-5,8-9,15H2,(H,27,30). The molecule has 2 aliphatic carbocycles. The molecule has 0 bridgehead atoms. The minimum Gasteiger partial charge on any atom is -0.326 e. The third-order valence-electron chi connectivity index (χ3n) is 6.42. The Morgan fingerprint density at radius 3 is 2.48 bits per heavy atom. The zero-order valence-electron chi connectivity index (χ0n) is 17.4. The van der Waals surface area contributed by atoms with Gasteiger partial charge in [0.2, 0.25) is 5.91 Å². The molecule has 5 rings (SSSR count). The van der Waals surface area contributed by atoms with E-state index >= 15 is 0 Å². The fourth-order valence-electron chi connectivity index (χ4n) is 4.50. The van der Waals surface area contributed by atoms with Crippen molar-refractivity contribution in [2.24, 2.45) is 5.92 Å². The highest BCUT2D eigenvalue weighted by Gasteiger charge is 2.29. The summed E-state index contributed by atoms with van der Waals surface area (Å²) in [4.78, 5) is 31.0. The van der Waals surface area contributed by atoms with E-state index in [1.807, 2.05) is 36.4 Å². The van der Waals surface area contributed by atoms with Crippen molar-refractivity contribution in [3.63, 3.8) is 0 Å². The molecule has 2 aromatic carbocycles. The van der Waals surface area contributed by atoms with Gasteiger partial charge in [-0.1, -0.05) is 43.0 Å². The lowest BCUT2D eigenvalue weighted by Gasteiger charge is -2.21. The molecule has 0 spiro atoms. The van der Waals surface area contributed by atoms with Crippen LogP contribution in [0.25, 0.3) is 10.9 Å². The lowest BCUT2D eigenvalue weighted by atomic mass is 9.88. The maximum absolute atomic E-state index is 13.5. The molecular weight excluding hydrogens is 410 g/mol. The lowest BCUT2D eigenvalue weighted by Crippen LogP contribution is -2.26. The van der Waals surface area contributed by atoms with E-state index in [0.717, 1.165) is 49.9 Å². The molecule has 0 unspecified atom stereocenters. The molecule has 6 heteroatoms. The van der Waals surface area contributed by atoms with Crippen molar-refractivity contribution in [1.82, 2.24) is 9.55 Å². The fourth-order valence-corrected chi connectivity index (χ4v) is 4.63. The summed E-state index contributed by atoms with van der Waals surface area (Å²) in [6.07, 6.45) is 7.45. The van der Waals surface area contributed by atoms with Gasteiger partial charge in [0.25, 0.3) is 5.56 Å². The van der Waals surface area contributed by atoms with Gasteiger partial charge in [-0.2, -0.15) is 0 Å². The first kappa shape index (κ1) is 20.3. The molecule has 0 aliphatic heterocycles. The highest BCUT2D eigenvalue weighted by molar-refractivity contribution is 6.30. The molecule has 1 amide bonds. The highest BCUT2D eigenvalue weighted by atomic mass is 35.5. The fraction of sp³-hybridized carbons (Fsp3) is 0.400. The lowest BCUT2D eigenvalue weighted by molar-refractivity contribution is -0.120. The van der Waals surface area contributed by atoms with Crippen molar-refractivity contribution < 1.29 is 4.79 Å². The summed E-state index contributed by atoms with van der Waals surface area (Å²) in [5.74, 6) is 1.32. The van der Waals surface area contributed by atoms with Crippen LogP contribution in [0.5, 0.6) is 0 Å². The second-order valence-electron chi connectivity index (χ2n) is 8.82.